The van der Waals surface area contributed by atoms with Gasteiger partial charge in [0, 0.05) is 34.7 Å². The minimum Gasteiger partial charge on any atom is -0.361 e. The van der Waals surface area contributed by atoms with E-state index in [0.717, 1.165) is 45.0 Å². The van der Waals surface area contributed by atoms with E-state index in [1.807, 2.05) is 26.1 Å². The first-order valence-corrected chi connectivity index (χ1v) is 10.1. The molecule has 2 fully saturated rings. The summed E-state index contributed by atoms with van der Waals surface area (Å²) in [5.74, 6) is 3.12. The number of aromatic amines is 1. The van der Waals surface area contributed by atoms with Gasteiger partial charge < -0.3 is 9.51 Å². The summed E-state index contributed by atoms with van der Waals surface area (Å²) < 4.78 is 5.44. The van der Waals surface area contributed by atoms with Gasteiger partial charge in [0.25, 0.3) is 0 Å². The Morgan fingerprint density at radius 3 is 2.57 bits per heavy atom. The summed E-state index contributed by atoms with van der Waals surface area (Å²) in [5, 5.41) is 4.16. The van der Waals surface area contributed by atoms with Crippen molar-refractivity contribution in [2.75, 3.05) is 0 Å². The van der Waals surface area contributed by atoms with Crippen molar-refractivity contribution >= 4 is 11.0 Å². The second kappa shape index (κ2) is 5.77. The van der Waals surface area contributed by atoms with E-state index in [1.54, 1.807) is 0 Å². The lowest BCUT2D eigenvalue weighted by Crippen LogP contribution is -1.93. The fourth-order valence-corrected chi connectivity index (χ4v) is 4.26. The molecule has 3 aromatic heterocycles. The molecule has 0 aliphatic heterocycles. The summed E-state index contributed by atoms with van der Waals surface area (Å²) in [7, 11) is 0. The molecule has 1 aromatic carbocycles. The fraction of sp³-hybridized carbons (Fsp3) is 0.348. The van der Waals surface area contributed by atoms with E-state index in [0.29, 0.717) is 11.8 Å². The van der Waals surface area contributed by atoms with E-state index >= 15 is 0 Å². The summed E-state index contributed by atoms with van der Waals surface area (Å²) in [6.07, 6.45) is 6.82. The predicted molar refractivity (Wildman–Crippen MR) is 108 cm³/mol. The van der Waals surface area contributed by atoms with Crippen molar-refractivity contribution in [1.82, 2.24) is 20.1 Å². The highest BCUT2D eigenvalue weighted by Gasteiger charge is 2.30. The molecule has 5 heteroatoms. The number of pyridine rings is 1. The lowest BCUT2D eigenvalue weighted by molar-refractivity contribution is 0.393. The lowest BCUT2D eigenvalue weighted by Gasteiger charge is -2.11. The molecule has 0 bridgehead atoms. The molecule has 4 aromatic rings. The molecule has 0 unspecified atom stereocenters. The maximum absolute atomic E-state index is 5.44. The molecule has 2 aliphatic rings. The summed E-state index contributed by atoms with van der Waals surface area (Å²) in [4.78, 5) is 13.3. The van der Waals surface area contributed by atoms with Crippen LogP contribution >= 0.6 is 0 Å². The Morgan fingerprint density at radius 2 is 1.86 bits per heavy atom. The first-order chi connectivity index (χ1) is 13.7. The average Bonchev–Trinajstić information content (AvgIpc) is 3.63. The molecule has 6 rings (SSSR count). The van der Waals surface area contributed by atoms with Crippen LogP contribution in [0.2, 0.25) is 0 Å². The van der Waals surface area contributed by atoms with Crippen LogP contribution in [0.25, 0.3) is 33.3 Å². The molecule has 28 heavy (non-hydrogen) atoms. The van der Waals surface area contributed by atoms with Crippen molar-refractivity contribution < 1.29 is 4.52 Å². The molecule has 140 valence electrons. The SMILES string of the molecule is Cc1noc(C)c1-c1cc(-c2cccnc2C2CC2)c2nc(C3CC3)[nH]c2c1. The van der Waals surface area contributed by atoms with Gasteiger partial charge in [-0.05, 0) is 63.3 Å². The Labute approximate surface area is 163 Å². The van der Waals surface area contributed by atoms with E-state index in [9.17, 15) is 0 Å². The first-order valence-electron chi connectivity index (χ1n) is 10.1. The molecule has 0 amide bonds. The third kappa shape index (κ3) is 2.49. The van der Waals surface area contributed by atoms with Crippen LogP contribution in [0.1, 0.15) is 60.5 Å². The van der Waals surface area contributed by atoms with Gasteiger partial charge in [0.2, 0.25) is 0 Å². The molecule has 0 radical (unpaired) electrons. The number of imidazole rings is 1. The molecule has 3 heterocycles. The number of fused-ring (bicyclic) bond motifs is 1. The average molecular weight is 370 g/mol. The van der Waals surface area contributed by atoms with Crippen LogP contribution in [-0.4, -0.2) is 20.1 Å². The van der Waals surface area contributed by atoms with Crippen molar-refractivity contribution in [1.29, 1.82) is 0 Å². The number of nitrogens with zero attached hydrogens (tertiary/aromatic N) is 3. The van der Waals surface area contributed by atoms with Gasteiger partial charge in [-0.25, -0.2) is 4.98 Å². The molecular weight excluding hydrogens is 348 g/mol. The highest BCUT2D eigenvalue weighted by Crippen LogP contribution is 2.46. The largest absolute Gasteiger partial charge is 0.361 e. The van der Waals surface area contributed by atoms with E-state index < -0.39 is 0 Å². The number of benzene rings is 1. The number of aromatic nitrogens is 4. The maximum atomic E-state index is 5.44. The minimum absolute atomic E-state index is 0.579. The summed E-state index contributed by atoms with van der Waals surface area (Å²) in [6.45, 7) is 3.97. The van der Waals surface area contributed by atoms with Crippen LogP contribution in [0.4, 0.5) is 0 Å². The Morgan fingerprint density at radius 1 is 1.04 bits per heavy atom. The Bertz CT molecular complexity index is 1190. The zero-order valence-electron chi connectivity index (χ0n) is 16.1. The topological polar surface area (TPSA) is 67.6 Å². The second-order valence-corrected chi connectivity index (χ2v) is 8.23. The van der Waals surface area contributed by atoms with Gasteiger partial charge in [0.05, 0.1) is 22.4 Å². The van der Waals surface area contributed by atoms with Gasteiger partial charge in [-0.15, -0.1) is 0 Å². The molecule has 0 atom stereocenters. The van der Waals surface area contributed by atoms with Crippen molar-refractivity contribution in [3.05, 3.63) is 53.4 Å². The minimum atomic E-state index is 0.579. The molecule has 2 aliphatic carbocycles. The van der Waals surface area contributed by atoms with E-state index in [2.05, 4.69) is 28.3 Å². The highest BCUT2D eigenvalue weighted by molar-refractivity contribution is 5.97. The third-order valence-corrected chi connectivity index (χ3v) is 5.98. The Hall–Kier alpha value is -2.95. The van der Waals surface area contributed by atoms with E-state index in [1.165, 1.54) is 36.9 Å². The van der Waals surface area contributed by atoms with Gasteiger partial charge in [-0.2, -0.15) is 0 Å². The maximum Gasteiger partial charge on any atom is 0.141 e. The highest BCUT2D eigenvalue weighted by atomic mass is 16.5. The predicted octanol–water partition coefficient (Wildman–Crippen LogP) is 5.65. The van der Waals surface area contributed by atoms with Crippen molar-refractivity contribution in [2.24, 2.45) is 0 Å². The summed E-state index contributed by atoms with van der Waals surface area (Å²) in [5.41, 5.74) is 8.81. The molecule has 0 saturated heterocycles. The summed E-state index contributed by atoms with van der Waals surface area (Å²) >= 11 is 0. The number of hydrogen-bond donors (Lipinski definition) is 1. The van der Waals surface area contributed by atoms with E-state index in [4.69, 9.17) is 14.5 Å². The van der Waals surface area contributed by atoms with Crippen molar-refractivity contribution in [2.45, 2.75) is 51.4 Å². The van der Waals surface area contributed by atoms with Crippen LogP contribution in [0.3, 0.4) is 0 Å². The second-order valence-electron chi connectivity index (χ2n) is 8.23. The van der Waals surface area contributed by atoms with E-state index in [-0.39, 0.29) is 0 Å². The standard InChI is InChI=1S/C23H22N4O/c1-12-20(13(2)28-27-12)16-10-18(17-4-3-9-24-21(17)14-5-6-14)22-19(11-16)25-23(26-22)15-7-8-15/h3-4,9-11,14-15H,5-8H2,1-2H3,(H,25,26). The smallest absolute Gasteiger partial charge is 0.141 e. The molecule has 5 nitrogen and oxygen atoms in total. The van der Waals surface area contributed by atoms with Crippen LogP contribution < -0.4 is 0 Å². The molecule has 2 saturated carbocycles. The monoisotopic (exact) mass is 370 g/mol. The molecule has 0 spiro atoms. The van der Waals surface area contributed by atoms with Gasteiger partial charge in [-0.1, -0.05) is 11.2 Å². The van der Waals surface area contributed by atoms with Crippen molar-refractivity contribution in [3.63, 3.8) is 0 Å². The number of H-pyrrole nitrogens is 1. The Balaban J connectivity index is 1.64. The normalized spacial score (nSPS) is 16.8. The first kappa shape index (κ1) is 16.0. The molecule has 1 N–H and O–H groups in total. The number of rotatable bonds is 4. The van der Waals surface area contributed by atoms with Crippen LogP contribution in [-0.2, 0) is 0 Å². The van der Waals surface area contributed by atoms with Gasteiger partial charge in [-0.3, -0.25) is 4.98 Å². The van der Waals surface area contributed by atoms with Gasteiger partial charge >= 0.3 is 0 Å². The zero-order chi connectivity index (χ0) is 18.8. The fourth-order valence-electron chi connectivity index (χ4n) is 4.26. The lowest BCUT2D eigenvalue weighted by atomic mass is 9.95. The third-order valence-electron chi connectivity index (χ3n) is 5.98. The number of nitrogens with one attached hydrogen (secondary N) is 1. The van der Waals surface area contributed by atoms with Crippen LogP contribution in [0, 0.1) is 13.8 Å². The summed E-state index contributed by atoms with van der Waals surface area (Å²) in [6, 6.07) is 8.66. The van der Waals surface area contributed by atoms with Crippen molar-refractivity contribution in [3.8, 4) is 22.3 Å². The van der Waals surface area contributed by atoms with Gasteiger partial charge in [0.1, 0.15) is 11.6 Å². The number of aryl methyl sites for hydroxylation is 2. The Kier molecular flexibility index (Phi) is 3.31. The van der Waals surface area contributed by atoms with Gasteiger partial charge in [0.15, 0.2) is 0 Å². The number of hydrogen-bond acceptors (Lipinski definition) is 4. The van der Waals surface area contributed by atoms with Crippen LogP contribution in [0.15, 0.2) is 35.0 Å². The zero-order valence-corrected chi connectivity index (χ0v) is 16.1. The van der Waals surface area contributed by atoms with Crippen LogP contribution in [0.5, 0.6) is 0 Å². The quantitative estimate of drug-likeness (QED) is 0.504. The molecular formula is C23H22N4O.